The Morgan fingerprint density at radius 2 is 2.17 bits per heavy atom. The molecule has 1 aliphatic rings. The van der Waals surface area contributed by atoms with E-state index in [1.54, 1.807) is 0 Å². The maximum absolute atomic E-state index is 5.61. The van der Waals surface area contributed by atoms with Gasteiger partial charge in [0.15, 0.2) is 0 Å². The molecule has 0 fully saturated rings. The van der Waals surface area contributed by atoms with Gasteiger partial charge in [0.1, 0.15) is 0 Å². The van der Waals surface area contributed by atoms with Crippen LogP contribution < -0.4 is 0 Å². The van der Waals surface area contributed by atoms with Crippen LogP contribution >= 0.6 is 0 Å². The van der Waals surface area contributed by atoms with Gasteiger partial charge in [0.05, 0.1) is 12.2 Å². The molecule has 0 aromatic rings. The average molecular weight is 164 g/mol. The van der Waals surface area contributed by atoms with Gasteiger partial charge in [0, 0.05) is 0 Å². The van der Waals surface area contributed by atoms with E-state index in [1.807, 2.05) is 19.1 Å². The van der Waals surface area contributed by atoms with E-state index in [2.05, 4.69) is 26.5 Å². The standard InChI is InChI=1S/C11H16O/c1-5-7-10-9(6-2)8-12-11(10,3)4/h5-7H,2,8H2,1,3-4H3/b7-5-. The Morgan fingerprint density at radius 3 is 2.67 bits per heavy atom. The summed E-state index contributed by atoms with van der Waals surface area (Å²) in [6, 6.07) is 0. The Balaban J connectivity index is 3.05. The molecule has 1 heteroatoms. The monoisotopic (exact) mass is 164 g/mol. The summed E-state index contributed by atoms with van der Waals surface area (Å²) in [5.74, 6) is 0. The lowest BCUT2D eigenvalue weighted by Crippen LogP contribution is -2.20. The second-order valence-electron chi connectivity index (χ2n) is 3.44. The van der Waals surface area contributed by atoms with Crippen molar-refractivity contribution in [1.82, 2.24) is 0 Å². The first-order valence-electron chi connectivity index (χ1n) is 4.24. The molecule has 0 spiro atoms. The Hall–Kier alpha value is -0.820. The summed E-state index contributed by atoms with van der Waals surface area (Å²) in [6.45, 7) is 10.6. The smallest absolute Gasteiger partial charge is 0.0883 e. The molecule has 1 nitrogen and oxygen atoms in total. The van der Waals surface area contributed by atoms with Gasteiger partial charge in [0.25, 0.3) is 0 Å². The van der Waals surface area contributed by atoms with Crippen molar-refractivity contribution < 1.29 is 4.74 Å². The van der Waals surface area contributed by atoms with Crippen molar-refractivity contribution in [3.63, 3.8) is 0 Å². The lowest BCUT2D eigenvalue weighted by atomic mass is 9.95. The SMILES string of the molecule is C=CC1=C(/C=C\C)C(C)(C)OC1. The molecule has 0 saturated heterocycles. The maximum atomic E-state index is 5.61. The zero-order valence-electron chi connectivity index (χ0n) is 8.05. The van der Waals surface area contributed by atoms with Crippen molar-refractivity contribution >= 4 is 0 Å². The quantitative estimate of drug-likeness (QED) is 0.609. The van der Waals surface area contributed by atoms with Crippen LogP contribution in [0.5, 0.6) is 0 Å². The minimum absolute atomic E-state index is 0.143. The first-order valence-corrected chi connectivity index (χ1v) is 4.24. The first kappa shape index (κ1) is 9.27. The molecule has 0 atom stereocenters. The molecule has 66 valence electrons. The fourth-order valence-corrected chi connectivity index (χ4v) is 1.44. The minimum Gasteiger partial charge on any atom is -0.366 e. The van der Waals surface area contributed by atoms with E-state index in [0.717, 1.165) is 0 Å². The summed E-state index contributed by atoms with van der Waals surface area (Å²) in [5.41, 5.74) is 2.31. The number of hydrogen-bond donors (Lipinski definition) is 0. The van der Waals surface area contributed by atoms with Gasteiger partial charge in [0.2, 0.25) is 0 Å². The predicted octanol–water partition coefficient (Wildman–Crippen LogP) is 2.85. The van der Waals surface area contributed by atoms with E-state index in [4.69, 9.17) is 4.74 Å². The van der Waals surface area contributed by atoms with Gasteiger partial charge >= 0.3 is 0 Å². The molecular formula is C11H16O. The van der Waals surface area contributed by atoms with Crippen LogP contribution in [0.25, 0.3) is 0 Å². The minimum atomic E-state index is -0.143. The van der Waals surface area contributed by atoms with Crippen molar-refractivity contribution in [1.29, 1.82) is 0 Å². The van der Waals surface area contributed by atoms with Crippen molar-refractivity contribution in [3.8, 4) is 0 Å². The van der Waals surface area contributed by atoms with Crippen LogP contribution in [-0.4, -0.2) is 12.2 Å². The third-order valence-corrected chi connectivity index (χ3v) is 2.16. The topological polar surface area (TPSA) is 9.23 Å². The van der Waals surface area contributed by atoms with Crippen molar-refractivity contribution in [3.05, 3.63) is 36.0 Å². The molecule has 0 bridgehead atoms. The van der Waals surface area contributed by atoms with E-state index < -0.39 is 0 Å². The third-order valence-electron chi connectivity index (χ3n) is 2.16. The third kappa shape index (κ3) is 1.51. The highest BCUT2D eigenvalue weighted by Gasteiger charge is 2.30. The van der Waals surface area contributed by atoms with E-state index in [9.17, 15) is 0 Å². The first-order chi connectivity index (χ1) is 5.61. The molecule has 1 rings (SSSR count). The highest BCUT2D eigenvalue weighted by atomic mass is 16.5. The zero-order valence-corrected chi connectivity index (χ0v) is 8.05. The van der Waals surface area contributed by atoms with Crippen LogP contribution in [0.3, 0.4) is 0 Å². The van der Waals surface area contributed by atoms with E-state index in [1.165, 1.54) is 11.1 Å². The van der Waals surface area contributed by atoms with Crippen LogP contribution in [0.15, 0.2) is 36.0 Å². The maximum Gasteiger partial charge on any atom is 0.0883 e. The summed E-state index contributed by atoms with van der Waals surface area (Å²) >= 11 is 0. The molecule has 0 aliphatic carbocycles. The molecule has 0 saturated carbocycles. The van der Waals surface area contributed by atoms with Gasteiger partial charge in [-0.05, 0) is 31.9 Å². The predicted molar refractivity (Wildman–Crippen MR) is 52.1 cm³/mol. The van der Waals surface area contributed by atoms with Gasteiger partial charge in [-0.1, -0.05) is 24.8 Å². The molecule has 12 heavy (non-hydrogen) atoms. The molecule has 0 radical (unpaired) electrons. The Bertz CT molecular complexity index is 244. The largest absolute Gasteiger partial charge is 0.366 e. The van der Waals surface area contributed by atoms with E-state index in [0.29, 0.717) is 6.61 Å². The molecule has 1 aliphatic heterocycles. The lowest BCUT2D eigenvalue weighted by Gasteiger charge is -2.19. The number of hydrogen-bond acceptors (Lipinski definition) is 1. The highest BCUT2D eigenvalue weighted by molar-refractivity contribution is 5.41. The fourth-order valence-electron chi connectivity index (χ4n) is 1.44. The van der Waals surface area contributed by atoms with Crippen LogP contribution in [0.2, 0.25) is 0 Å². The van der Waals surface area contributed by atoms with E-state index in [-0.39, 0.29) is 5.60 Å². The van der Waals surface area contributed by atoms with Crippen LogP contribution in [0, 0.1) is 0 Å². The molecule has 0 aromatic heterocycles. The fraction of sp³-hybridized carbons (Fsp3) is 0.455. The van der Waals surface area contributed by atoms with Gasteiger partial charge in [-0.25, -0.2) is 0 Å². The molecule has 0 unspecified atom stereocenters. The van der Waals surface area contributed by atoms with Gasteiger partial charge in [-0.2, -0.15) is 0 Å². The summed E-state index contributed by atoms with van der Waals surface area (Å²) in [7, 11) is 0. The van der Waals surface area contributed by atoms with Gasteiger partial charge in [-0.15, -0.1) is 0 Å². The number of ether oxygens (including phenoxy) is 1. The van der Waals surface area contributed by atoms with Crippen LogP contribution in [0.4, 0.5) is 0 Å². The summed E-state index contributed by atoms with van der Waals surface area (Å²) in [5, 5.41) is 0. The Kier molecular flexibility index (Phi) is 2.53. The second kappa shape index (κ2) is 3.28. The summed E-state index contributed by atoms with van der Waals surface area (Å²) in [6.07, 6.45) is 6.02. The molecule has 1 heterocycles. The Morgan fingerprint density at radius 1 is 1.50 bits per heavy atom. The molecule has 0 N–H and O–H groups in total. The van der Waals surface area contributed by atoms with E-state index >= 15 is 0 Å². The highest BCUT2D eigenvalue weighted by Crippen LogP contribution is 2.32. The second-order valence-corrected chi connectivity index (χ2v) is 3.44. The van der Waals surface area contributed by atoms with Gasteiger partial charge < -0.3 is 4.74 Å². The molecule has 0 aromatic carbocycles. The van der Waals surface area contributed by atoms with Crippen LogP contribution in [0.1, 0.15) is 20.8 Å². The van der Waals surface area contributed by atoms with Crippen LogP contribution in [-0.2, 0) is 4.74 Å². The molecule has 0 amide bonds. The average Bonchev–Trinajstić information content (AvgIpc) is 2.29. The normalized spacial score (nSPS) is 22.2. The lowest BCUT2D eigenvalue weighted by molar-refractivity contribution is 0.0510. The number of allylic oxidation sites excluding steroid dienone is 1. The summed E-state index contributed by atoms with van der Waals surface area (Å²) < 4.78 is 5.61. The van der Waals surface area contributed by atoms with Crippen molar-refractivity contribution in [2.45, 2.75) is 26.4 Å². The molecular weight excluding hydrogens is 148 g/mol. The van der Waals surface area contributed by atoms with Gasteiger partial charge in [-0.3, -0.25) is 0 Å². The Labute approximate surface area is 74.4 Å². The summed E-state index contributed by atoms with van der Waals surface area (Å²) in [4.78, 5) is 0. The zero-order chi connectivity index (χ0) is 9.19. The number of rotatable bonds is 2. The van der Waals surface area contributed by atoms with Crippen molar-refractivity contribution in [2.75, 3.05) is 6.61 Å². The van der Waals surface area contributed by atoms with Crippen molar-refractivity contribution in [2.24, 2.45) is 0 Å².